The molecule has 1 fully saturated rings. The number of hydrogen-bond donors (Lipinski definition) is 2. The van der Waals surface area contributed by atoms with Gasteiger partial charge >= 0.3 is 6.03 Å². The van der Waals surface area contributed by atoms with E-state index in [9.17, 15) is 24.1 Å². The van der Waals surface area contributed by atoms with Gasteiger partial charge < -0.3 is 15.5 Å². The van der Waals surface area contributed by atoms with Crippen molar-refractivity contribution >= 4 is 29.0 Å². The number of rotatable bonds is 5. The van der Waals surface area contributed by atoms with Gasteiger partial charge in [0, 0.05) is 49.7 Å². The number of piperazine rings is 1. The molecule has 3 rings (SSSR count). The van der Waals surface area contributed by atoms with E-state index in [0.29, 0.717) is 37.6 Å². The van der Waals surface area contributed by atoms with Crippen LogP contribution in [-0.4, -0.2) is 58.9 Å². The molecule has 10 heteroatoms. The lowest BCUT2D eigenvalue weighted by Crippen LogP contribution is -2.54. The second-order valence-corrected chi connectivity index (χ2v) is 6.93. The van der Waals surface area contributed by atoms with Crippen LogP contribution in [0.4, 0.5) is 26.2 Å². The lowest BCUT2D eigenvalue weighted by molar-refractivity contribution is -0.384. The van der Waals surface area contributed by atoms with Crippen molar-refractivity contribution in [2.75, 3.05) is 36.8 Å². The fourth-order valence-corrected chi connectivity index (χ4v) is 3.13. The van der Waals surface area contributed by atoms with Gasteiger partial charge in [-0.25, -0.2) is 9.18 Å². The van der Waals surface area contributed by atoms with Crippen LogP contribution in [0.15, 0.2) is 48.5 Å². The zero-order valence-corrected chi connectivity index (χ0v) is 16.4. The summed E-state index contributed by atoms with van der Waals surface area (Å²) in [5.41, 5.74) is 0.950. The standard InChI is InChI=1S/C20H22FN5O4/c1-14(19(27)22-16-6-8-18(9-7-16)26(29)30)24-10-12-25(13-11-24)20(28)23-17-4-2-15(21)3-5-17/h2-9,14H,10-13H2,1H3,(H,22,27)(H,23,28)/t14-/m1/s1. The Morgan fingerprint density at radius 2 is 1.50 bits per heavy atom. The third-order valence-electron chi connectivity index (χ3n) is 4.97. The van der Waals surface area contributed by atoms with Crippen molar-refractivity contribution in [1.29, 1.82) is 0 Å². The molecule has 30 heavy (non-hydrogen) atoms. The molecule has 1 aliphatic rings. The number of benzene rings is 2. The molecule has 1 aliphatic heterocycles. The lowest BCUT2D eigenvalue weighted by atomic mass is 10.2. The summed E-state index contributed by atoms with van der Waals surface area (Å²) in [5.74, 6) is -0.601. The average molecular weight is 415 g/mol. The van der Waals surface area contributed by atoms with E-state index in [-0.39, 0.29) is 23.4 Å². The minimum atomic E-state index is -0.500. The summed E-state index contributed by atoms with van der Waals surface area (Å²) in [7, 11) is 0. The van der Waals surface area contributed by atoms with Crippen LogP contribution in [0.25, 0.3) is 0 Å². The van der Waals surface area contributed by atoms with Crippen LogP contribution in [0.3, 0.4) is 0 Å². The molecule has 1 heterocycles. The Hall–Kier alpha value is -3.53. The van der Waals surface area contributed by atoms with Crippen LogP contribution in [0.2, 0.25) is 0 Å². The van der Waals surface area contributed by atoms with E-state index in [4.69, 9.17) is 0 Å². The summed E-state index contributed by atoms with van der Waals surface area (Å²) in [6.07, 6.45) is 0. The minimum absolute atomic E-state index is 0.0453. The predicted molar refractivity (Wildman–Crippen MR) is 110 cm³/mol. The Labute approximate surface area is 172 Å². The third kappa shape index (κ3) is 5.29. The summed E-state index contributed by atoms with van der Waals surface area (Å²) in [6.45, 7) is 3.71. The predicted octanol–water partition coefficient (Wildman–Crippen LogP) is 2.91. The van der Waals surface area contributed by atoms with Gasteiger partial charge in [-0.2, -0.15) is 0 Å². The molecule has 9 nitrogen and oxygen atoms in total. The summed E-state index contributed by atoms with van der Waals surface area (Å²) >= 11 is 0. The molecule has 0 aliphatic carbocycles. The number of carbonyl (C=O) groups is 2. The molecule has 2 N–H and O–H groups in total. The van der Waals surface area contributed by atoms with Crippen LogP contribution >= 0.6 is 0 Å². The van der Waals surface area contributed by atoms with E-state index in [2.05, 4.69) is 10.6 Å². The van der Waals surface area contributed by atoms with E-state index in [1.54, 1.807) is 11.8 Å². The Balaban J connectivity index is 1.48. The van der Waals surface area contributed by atoms with Gasteiger partial charge in [0.1, 0.15) is 5.82 Å². The van der Waals surface area contributed by atoms with Crippen molar-refractivity contribution in [3.05, 3.63) is 64.5 Å². The third-order valence-corrected chi connectivity index (χ3v) is 4.97. The van der Waals surface area contributed by atoms with Crippen molar-refractivity contribution in [3.63, 3.8) is 0 Å². The van der Waals surface area contributed by atoms with Gasteiger partial charge in [-0.15, -0.1) is 0 Å². The molecule has 158 valence electrons. The fraction of sp³-hybridized carbons (Fsp3) is 0.300. The van der Waals surface area contributed by atoms with Gasteiger partial charge in [-0.1, -0.05) is 0 Å². The number of hydrogen-bond acceptors (Lipinski definition) is 5. The van der Waals surface area contributed by atoms with Gasteiger partial charge in [0.25, 0.3) is 5.69 Å². The first-order valence-corrected chi connectivity index (χ1v) is 9.44. The van der Waals surface area contributed by atoms with Crippen LogP contribution in [0, 0.1) is 15.9 Å². The van der Waals surface area contributed by atoms with Crippen molar-refractivity contribution in [3.8, 4) is 0 Å². The highest BCUT2D eigenvalue weighted by Gasteiger charge is 2.27. The van der Waals surface area contributed by atoms with Gasteiger partial charge in [-0.05, 0) is 43.3 Å². The maximum Gasteiger partial charge on any atom is 0.321 e. The zero-order valence-electron chi connectivity index (χ0n) is 16.4. The number of nitro benzene ring substituents is 1. The molecule has 0 saturated carbocycles. The summed E-state index contributed by atoms with van der Waals surface area (Å²) < 4.78 is 13.0. The number of halogens is 1. The quantitative estimate of drug-likeness (QED) is 0.577. The van der Waals surface area contributed by atoms with E-state index < -0.39 is 11.0 Å². The molecule has 0 bridgehead atoms. The Kier molecular flexibility index (Phi) is 6.58. The number of carbonyl (C=O) groups excluding carboxylic acids is 2. The molecule has 2 aromatic rings. The van der Waals surface area contributed by atoms with E-state index >= 15 is 0 Å². The number of nitrogens with zero attached hydrogens (tertiary/aromatic N) is 3. The number of urea groups is 1. The topological polar surface area (TPSA) is 108 Å². The Morgan fingerprint density at radius 3 is 2.07 bits per heavy atom. The first-order chi connectivity index (χ1) is 14.3. The van der Waals surface area contributed by atoms with E-state index in [0.717, 1.165) is 0 Å². The van der Waals surface area contributed by atoms with Gasteiger partial charge in [-0.3, -0.25) is 19.8 Å². The normalized spacial score (nSPS) is 15.3. The first kappa shape index (κ1) is 21.2. The molecule has 3 amide bonds. The molecule has 0 spiro atoms. The molecule has 1 saturated heterocycles. The molecular weight excluding hydrogens is 393 g/mol. The van der Waals surface area contributed by atoms with Crippen molar-refractivity contribution in [2.45, 2.75) is 13.0 Å². The smallest absolute Gasteiger partial charge is 0.321 e. The van der Waals surface area contributed by atoms with Crippen molar-refractivity contribution in [1.82, 2.24) is 9.80 Å². The van der Waals surface area contributed by atoms with Crippen LogP contribution < -0.4 is 10.6 Å². The number of nitro groups is 1. The zero-order chi connectivity index (χ0) is 21.7. The average Bonchev–Trinajstić information content (AvgIpc) is 2.75. The summed E-state index contributed by atoms with van der Waals surface area (Å²) in [5, 5.41) is 16.2. The van der Waals surface area contributed by atoms with Crippen molar-refractivity contribution in [2.24, 2.45) is 0 Å². The number of nitrogens with one attached hydrogen (secondary N) is 2. The fourth-order valence-electron chi connectivity index (χ4n) is 3.13. The highest BCUT2D eigenvalue weighted by molar-refractivity contribution is 5.94. The lowest BCUT2D eigenvalue weighted by Gasteiger charge is -2.37. The highest BCUT2D eigenvalue weighted by atomic mass is 19.1. The van der Waals surface area contributed by atoms with Crippen LogP contribution in [0.1, 0.15) is 6.92 Å². The summed E-state index contributed by atoms with van der Waals surface area (Å²) in [6, 6.07) is 10.5. The number of anilines is 2. The molecule has 2 aromatic carbocycles. The van der Waals surface area contributed by atoms with Gasteiger partial charge in [0.2, 0.25) is 5.91 Å². The van der Waals surface area contributed by atoms with Crippen LogP contribution in [-0.2, 0) is 4.79 Å². The maximum atomic E-state index is 13.0. The molecular formula is C20H22FN5O4. The van der Waals surface area contributed by atoms with Crippen LogP contribution in [0.5, 0.6) is 0 Å². The first-order valence-electron chi connectivity index (χ1n) is 9.44. The maximum absolute atomic E-state index is 13.0. The van der Waals surface area contributed by atoms with E-state index in [1.165, 1.54) is 48.5 Å². The number of amides is 3. The van der Waals surface area contributed by atoms with Gasteiger partial charge in [0.15, 0.2) is 0 Å². The number of non-ortho nitro benzene ring substituents is 1. The second kappa shape index (κ2) is 9.31. The summed E-state index contributed by atoms with van der Waals surface area (Å²) in [4.78, 5) is 38.7. The Bertz CT molecular complexity index is 912. The molecule has 0 aromatic heterocycles. The van der Waals surface area contributed by atoms with Gasteiger partial charge in [0.05, 0.1) is 11.0 Å². The van der Waals surface area contributed by atoms with E-state index in [1.807, 2.05) is 4.90 Å². The Morgan fingerprint density at radius 1 is 0.967 bits per heavy atom. The molecule has 0 unspecified atom stereocenters. The monoisotopic (exact) mass is 415 g/mol. The SMILES string of the molecule is C[C@H](C(=O)Nc1ccc([N+](=O)[O-])cc1)N1CCN(C(=O)Nc2ccc(F)cc2)CC1. The highest BCUT2D eigenvalue weighted by Crippen LogP contribution is 2.17. The molecule has 0 radical (unpaired) electrons. The minimum Gasteiger partial charge on any atom is -0.325 e. The van der Waals surface area contributed by atoms with Crippen molar-refractivity contribution < 1.29 is 18.9 Å². The molecule has 1 atom stereocenters. The second-order valence-electron chi connectivity index (χ2n) is 6.93. The largest absolute Gasteiger partial charge is 0.325 e.